The maximum atomic E-state index is 6.18. The van der Waals surface area contributed by atoms with Gasteiger partial charge in [0.15, 0.2) is 11.5 Å². The van der Waals surface area contributed by atoms with Crippen molar-refractivity contribution in [3.63, 3.8) is 0 Å². The summed E-state index contributed by atoms with van der Waals surface area (Å²) in [6, 6.07) is 3.71. The van der Waals surface area contributed by atoms with Crippen molar-refractivity contribution in [2.24, 2.45) is 0 Å². The summed E-state index contributed by atoms with van der Waals surface area (Å²) in [6.45, 7) is 8.41. The Morgan fingerprint density at radius 2 is 2.14 bits per heavy atom. The summed E-state index contributed by atoms with van der Waals surface area (Å²) in [7, 11) is 1.63. The molecule has 4 nitrogen and oxygen atoms in total. The molecule has 21 heavy (non-hydrogen) atoms. The molecule has 118 valence electrons. The molecule has 1 unspecified atom stereocenters. The Hall–Kier alpha value is -0.970. The van der Waals surface area contributed by atoms with Crippen molar-refractivity contribution < 1.29 is 14.2 Å². The first-order chi connectivity index (χ1) is 9.89. The maximum absolute atomic E-state index is 6.18. The molecule has 0 radical (unpaired) electrons. The van der Waals surface area contributed by atoms with Crippen LogP contribution in [-0.4, -0.2) is 32.0 Å². The Morgan fingerprint density at radius 1 is 1.38 bits per heavy atom. The van der Waals surface area contributed by atoms with Crippen LogP contribution in [0.3, 0.4) is 0 Å². The summed E-state index contributed by atoms with van der Waals surface area (Å²) in [5, 5.41) is 4.10. The molecule has 1 aromatic carbocycles. The summed E-state index contributed by atoms with van der Waals surface area (Å²) in [6.07, 6.45) is 0.978. The molecule has 1 aromatic rings. The van der Waals surface area contributed by atoms with Crippen molar-refractivity contribution in [2.45, 2.75) is 45.4 Å². The summed E-state index contributed by atoms with van der Waals surface area (Å²) in [5.74, 6) is 1.43. The number of methoxy groups -OCH3 is 1. The zero-order valence-corrected chi connectivity index (χ0v) is 13.9. The first-order valence-electron chi connectivity index (χ1n) is 7.25. The number of hydrogen-bond acceptors (Lipinski definition) is 4. The molecule has 1 saturated heterocycles. The lowest BCUT2D eigenvalue weighted by atomic mass is 10.1. The van der Waals surface area contributed by atoms with E-state index >= 15 is 0 Å². The Bertz CT molecular complexity index is 479. The van der Waals surface area contributed by atoms with Gasteiger partial charge in [0, 0.05) is 35.2 Å². The maximum Gasteiger partial charge on any atom is 0.166 e. The average molecular weight is 314 g/mol. The van der Waals surface area contributed by atoms with E-state index in [1.54, 1.807) is 13.2 Å². The number of nitrogens with one attached hydrogen (secondary N) is 1. The summed E-state index contributed by atoms with van der Waals surface area (Å²) < 4.78 is 16.9. The van der Waals surface area contributed by atoms with E-state index in [4.69, 9.17) is 25.8 Å². The third-order valence-corrected chi connectivity index (χ3v) is 3.52. The van der Waals surface area contributed by atoms with E-state index in [1.165, 1.54) is 0 Å². The number of rotatable bonds is 5. The highest BCUT2D eigenvalue weighted by molar-refractivity contribution is 6.30. The molecule has 1 aliphatic rings. The molecule has 0 bridgehead atoms. The fourth-order valence-electron chi connectivity index (χ4n) is 2.17. The third-order valence-electron chi connectivity index (χ3n) is 3.30. The van der Waals surface area contributed by atoms with Gasteiger partial charge in [-0.05, 0) is 26.8 Å². The lowest BCUT2D eigenvalue weighted by Crippen LogP contribution is -2.35. The van der Waals surface area contributed by atoms with Crippen LogP contribution in [0.4, 0.5) is 0 Å². The molecule has 1 atom stereocenters. The van der Waals surface area contributed by atoms with Crippen molar-refractivity contribution >= 4 is 11.6 Å². The second-order valence-electron chi connectivity index (χ2n) is 6.30. The Balaban J connectivity index is 2.24. The van der Waals surface area contributed by atoms with Gasteiger partial charge in [0.25, 0.3) is 0 Å². The number of benzene rings is 1. The van der Waals surface area contributed by atoms with Gasteiger partial charge in [0.1, 0.15) is 6.10 Å². The van der Waals surface area contributed by atoms with Crippen LogP contribution in [0.5, 0.6) is 11.5 Å². The van der Waals surface area contributed by atoms with Gasteiger partial charge in [-0.3, -0.25) is 0 Å². The number of halogens is 1. The van der Waals surface area contributed by atoms with Gasteiger partial charge in [0.05, 0.1) is 20.3 Å². The molecule has 0 aromatic heterocycles. The van der Waals surface area contributed by atoms with Crippen LogP contribution >= 0.6 is 11.6 Å². The first kappa shape index (κ1) is 16.4. The minimum absolute atomic E-state index is 0.0172. The van der Waals surface area contributed by atoms with Gasteiger partial charge < -0.3 is 19.5 Å². The summed E-state index contributed by atoms with van der Waals surface area (Å²) >= 11 is 6.18. The highest BCUT2D eigenvalue weighted by atomic mass is 35.5. The minimum Gasteiger partial charge on any atom is -0.493 e. The average Bonchev–Trinajstić information content (AvgIpc) is 2.90. The van der Waals surface area contributed by atoms with E-state index in [9.17, 15) is 0 Å². The quantitative estimate of drug-likeness (QED) is 0.904. The van der Waals surface area contributed by atoms with Crippen LogP contribution in [0.1, 0.15) is 32.8 Å². The van der Waals surface area contributed by atoms with Gasteiger partial charge in [-0.2, -0.15) is 0 Å². The fourth-order valence-corrected chi connectivity index (χ4v) is 2.40. The molecule has 1 fully saturated rings. The van der Waals surface area contributed by atoms with E-state index in [0.717, 1.165) is 24.3 Å². The van der Waals surface area contributed by atoms with Gasteiger partial charge in [-0.1, -0.05) is 11.6 Å². The molecule has 0 aliphatic carbocycles. The van der Waals surface area contributed by atoms with E-state index in [2.05, 4.69) is 26.1 Å². The van der Waals surface area contributed by atoms with Crippen LogP contribution in [0, 0.1) is 0 Å². The molecule has 5 heteroatoms. The van der Waals surface area contributed by atoms with Crippen molar-refractivity contribution in [3.05, 3.63) is 22.7 Å². The van der Waals surface area contributed by atoms with Crippen LogP contribution in [0.15, 0.2) is 12.1 Å². The zero-order chi connectivity index (χ0) is 15.5. The smallest absolute Gasteiger partial charge is 0.166 e. The topological polar surface area (TPSA) is 39.7 Å². The molecular formula is C16H24ClNO3. The van der Waals surface area contributed by atoms with E-state index < -0.39 is 0 Å². The molecule has 0 saturated carbocycles. The zero-order valence-electron chi connectivity index (χ0n) is 13.2. The first-order valence-corrected chi connectivity index (χ1v) is 7.62. The Labute approximate surface area is 131 Å². The van der Waals surface area contributed by atoms with Crippen LogP contribution in [0.25, 0.3) is 0 Å². The molecule has 1 N–H and O–H groups in total. The third kappa shape index (κ3) is 4.77. The molecule has 1 aliphatic heterocycles. The van der Waals surface area contributed by atoms with E-state index in [1.807, 2.05) is 6.07 Å². The standard InChI is InChI=1S/C16H24ClNO3/c1-16(2,3)18-9-11-7-12(17)8-14(19-4)15(11)21-13-5-6-20-10-13/h7-8,13,18H,5-6,9-10H2,1-4H3. The molecule has 1 heterocycles. The van der Waals surface area contributed by atoms with Crippen LogP contribution < -0.4 is 14.8 Å². The van der Waals surface area contributed by atoms with Gasteiger partial charge in [0.2, 0.25) is 0 Å². The monoisotopic (exact) mass is 313 g/mol. The lowest BCUT2D eigenvalue weighted by Gasteiger charge is -2.23. The van der Waals surface area contributed by atoms with Gasteiger partial charge in [-0.25, -0.2) is 0 Å². The Kier molecular flexibility index (Phi) is 5.36. The van der Waals surface area contributed by atoms with E-state index in [-0.39, 0.29) is 11.6 Å². The van der Waals surface area contributed by atoms with Crippen molar-refractivity contribution in [1.82, 2.24) is 5.32 Å². The summed E-state index contributed by atoms with van der Waals surface area (Å²) in [4.78, 5) is 0. The minimum atomic E-state index is 0.0172. The van der Waals surface area contributed by atoms with Gasteiger partial charge in [-0.15, -0.1) is 0 Å². The van der Waals surface area contributed by atoms with Crippen LogP contribution in [-0.2, 0) is 11.3 Å². The SMILES string of the molecule is COc1cc(Cl)cc(CNC(C)(C)C)c1OC1CCOC1. The van der Waals surface area contributed by atoms with Crippen molar-refractivity contribution in [2.75, 3.05) is 20.3 Å². The highest BCUT2D eigenvalue weighted by Gasteiger charge is 2.22. The predicted molar refractivity (Wildman–Crippen MR) is 84.4 cm³/mol. The molecule has 0 spiro atoms. The van der Waals surface area contributed by atoms with E-state index in [0.29, 0.717) is 23.9 Å². The predicted octanol–water partition coefficient (Wildman–Crippen LogP) is 3.40. The lowest BCUT2D eigenvalue weighted by molar-refractivity contribution is 0.137. The largest absolute Gasteiger partial charge is 0.493 e. The van der Waals surface area contributed by atoms with Crippen LogP contribution in [0.2, 0.25) is 5.02 Å². The highest BCUT2D eigenvalue weighted by Crippen LogP contribution is 2.36. The Morgan fingerprint density at radius 3 is 2.71 bits per heavy atom. The second kappa shape index (κ2) is 6.86. The molecular weight excluding hydrogens is 290 g/mol. The fraction of sp³-hybridized carbons (Fsp3) is 0.625. The second-order valence-corrected chi connectivity index (χ2v) is 6.74. The molecule has 0 amide bonds. The molecule has 2 rings (SSSR count). The number of ether oxygens (including phenoxy) is 3. The summed E-state index contributed by atoms with van der Waals surface area (Å²) in [5.41, 5.74) is 1.02. The van der Waals surface area contributed by atoms with Crippen molar-refractivity contribution in [3.8, 4) is 11.5 Å². The van der Waals surface area contributed by atoms with Gasteiger partial charge >= 0.3 is 0 Å². The van der Waals surface area contributed by atoms with Crippen molar-refractivity contribution in [1.29, 1.82) is 0 Å². The normalized spacial score (nSPS) is 18.8. The number of hydrogen-bond donors (Lipinski definition) is 1.